The Morgan fingerprint density at radius 1 is 1.35 bits per heavy atom. The average Bonchev–Trinajstić information content (AvgIpc) is 3.23. The minimum absolute atomic E-state index is 0.00321. The van der Waals surface area contributed by atoms with Crippen LogP contribution in [0.1, 0.15) is 18.2 Å². The molecule has 0 N–H and O–H groups in total. The van der Waals surface area contributed by atoms with Gasteiger partial charge in [-0.1, -0.05) is 18.2 Å². The van der Waals surface area contributed by atoms with E-state index in [9.17, 15) is 17.6 Å². The lowest BCUT2D eigenvalue weighted by Crippen LogP contribution is -2.46. The first-order valence-corrected chi connectivity index (χ1v) is 11.0. The number of thiophene rings is 1. The van der Waals surface area contributed by atoms with Crippen LogP contribution < -0.4 is 4.74 Å². The van der Waals surface area contributed by atoms with Crippen LogP contribution in [0.15, 0.2) is 41.8 Å². The molecule has 2 atom stereocenters. The number of amides is 1. The highest BCUT2D eigenvalue weighted by molar-refractivity contribution is 7.91. The Hall–Kier alpha value is -1.93. The maximum Gasteiger partial charge on any atom is 0.263 e. The SMILES string of the molecule is C[C@@H](Oc1ccccc1F)C(=O)N(Cc1cccs1)[C@@H]1CCS(=O)(=O)C1. The highest BCUT2D eigenvalue weighted by Gasteiger charge is 2.36. The van der Waals surface area contributed by atoms with Gasteiger partial charge in [0.15, 0.2) is 27.5 Å². The second kappa shape index (κ2) is 7.75. The van der Waals surface area contributed by atoms with Gasteiger partial charge in [0.05, 0.1) is 18.1 Å². The first-order valence-electron chi connectivity index (χ1n) is 8.30. The van der Waals surface area contributed by atoms with Crippen LogP contribution in [0, 0.1) is 5.82 Å². The molecular weight excluding hydrogens is 377 g/mol. The Bertz CT molecular complexity index is 867. The number of nitrogens with zero attached hydrogens (tertiary/aromatic N) is 1. The number of sulfone groups is 1. The van der Waals surface area contributed by atoms with Gasteiger partial charge in [0.1, 0.15) is 0 Å². The summed E-state index contributed by atoms with van der Waals surface area (Å²) < 4.78 is 43.0. The Kier molecular flexibility index (Phi) is 5.62. The van der Waals surface area contributed by atoms with Crippen molar-refractivity contribution in [3.63, 3.8) is 0 Å². The average molecular weight is 397 g/mol. The van der Waals surface area contributed by atoms with Gasteiger partial charge >= 0.3 is 0 Å². The third-order valence-electron chi connectivity index (χ3n) is 4.33. The van der Waals surface area contributed by atoms with Crippen LogP contribution in [-0.2, 0) is 21.2 Å². The van der Waals surface area contributed by atoms with Crippen molar-refractivity contribution in [1.29, 1.82) is 0 Å². The Labute approximate surface area is 156 Å². The summed E-state index contributed by atoms with van der Waals surface area (Å²) >= 11 is 1.50. The summed E-state index contributed by atoms with van der Waals surface area (Å²) in [7, 11) is -3.14. The number of para-hydroxylation sites is 1. The van der Waals surface area contributed by atoms with E-state index in [4.69, 9.17) is 4.74 Å². The standard InChI is InChI=1S/C18H20FNO4S2/c1-13(24-17-7-3-2-6-16(17)19)18(21)20(11-15-5-4-9-25-15)14-8-10-26(22,23)12-14/h2-7,9,13-14H,8,10-12H2,1H3/t13-,14-/m1/s1. The molecule has 1 aromatic carbocycles. The van der Waals surface area contributed by atoms with Crippen LogP contribution in [0.2, 0.25) is 0 Å². The van der Waals surface area contributed by atoms with E-state index in [0.717, 1.165) is 4.88 Å². The van der Waals surface area contributed by atoms with Crippen LogP contribution in [0.25, 0.3) is 0 Å². The molecule has 140 valence electrons. The quantitative estimate of drug-likeness (QED) is 0.752. The fourth-order valence-electron chi connectivity index (χ4n) is 2.99. The van der Waals surface area contributed by atoms with Crippen LogP contribution in [0.4, 0.5) is 4.39 Å². The van der Waals surface area contributed by atoms with E-state index in [2.05, 4.69) is 0 Å². The second-order valence-corrected chi connectivity index (χ2v) is 9.55. The first-order chi connectivity index (χ1) is 12.4. The predicted molar refractivity (Wildman–Crippen MR) is 98.4 cm³/mol. The fraction of sp³-hybridized carbons (Fsp3) is 0.389. The van der Waals surface area contributed by atoms with Gasteiger partial charge in [-0.05, 0) is 36.9 Å². The Balaban J connectivity index is 1.78. The molecule has 1 aliphatic heterocycles. The number of hydrogen-bond donors (Lipinski definition) is 0. The smallest absolute Gasteiger partial charge is 0.263 e. The highest BCUT2D eigenvalue weighted by Crippen LogP contribution is 2.24. The third kappa shape index (κ3) is 4.42. The summed E-state index contributed by atoms with van der Waals surface area (Å²) in [6.07, 6.45) is -0.513. The monoisotopic (exact) mass is 397 g/mol. The number of hydrogen-bond acceptors (Lipinski definition) is 5. The zero-order valence-corrected chi connectivity index (χ0v) is 15.9. The molecule has 2 heterocycles. The molecule has 0 spiro atoms. The molecule has 0 bridgehead atoms. The molecule has 1 fully saturated rings. The largest absolute Gasteiger partial charge is 0.478 e. The van der Waals surface area contributed by atoms with Gasteiger partial charge in [-0.25, -0.2) is 12.8 Å². The highest BCUT2D eigenvalue weighted by atomic mass is 32.2. The number of ether oxygens (including phenoxy) is 1. The molecule has 5 nitrogen and oxygen atoms in total. The van der Waals surface area contributed by atoms with E-state index in [0.29, 0.717) is 13.0 Å². The molecule has 2 aromatic rings. The van der Waals surface area contributed by atoms with Crippen LogP contribution in [0.5, 0.6) is 5.75 Å². The van der Waals surface area contributed by atoms with E-state index in [-0.39, 0.29) is 29.2 Å². The fourth-order valence-corrected chi connectivity index (χ4v) is 5.43. The van der Waals surface area contributed by atoms with Crippen molar-refractivity contribution in [3.05, 3.63) is 52.5 Å². The number of carbonyl (C=O) groups is 1. The molecule has 1 aromatic heterocycles. The van der Waals surface area contributed by atoms with Crippen molar-refractivity contribution >= 4 is 27.1 Å². The number of rotatable bonds is 6. The summed E-state index contributed by atoms with van der Waals surface area (Å²) in [4.78, 5) is 15.5. The van der Waals surface area contributed by atoms with Crippen molar-refractivity contribution in [2.75, 3.05) is 11.5 Å². The van der Waals surface area contributed by atoms with Crippen molar-refractivity contribution in [2.24, 2.45) is 0 Å². The van der Waals surface area contributed by atoms with Gasteiger partial charge in [0.2, 0.25) is 0 Å². The zero-order chi connectivity index (χ0) is 18.7. The topological polar surface area (TPSA) is 63.7 Å². The molecule has 0 saturated carbocycles. The normalized spacial score (nSPS) is 19.8. The molecule has 3 rings (SSSR count). The van der Waals surface area contributed by atoms with Crippen molar-refractivity contribution < 1.29 is 22.3 Å². The molecule has 1 amide bonds. The molecule has 26 heavy (non-hydrogen) atoms. The lowest BCUT2D eigenvalue weighted by Gasteiger charge is -2.30. The minimum atomic E-state index is -3.14. The Morgan fingerprint density at radius 2 is 2.12 bits per heavy atom. The summed E-state index contributed by atoms with van der Waals surface area (Å²) in [5, 5.41) is 1.91. The summed E-state index contributed by atoms with van der Waals surface area (Å²) in [5.74, 6) is -0.849. The molecule has 8 heteroatoms. The second-order valence-electron chi connectivity index (χ2n) is 6.29. The van der Waals surface area contributed by atoms with Crippen molar-refractivity contribution in [2.45, 2.75) is 32.0 Å². The van der Waals surface area contributed by atoms with Crippen LogP contribution >= 0.6 is 11.3 Å². The molecule has 1 aliphatic rings. The molecule has 1 saturated heterocycles. The van der Waals surface area contributed by atoms with Gasteiger partial charge in [0, 0.05) is 10.9 Å². The van der Waals surface area contributed by atoms with E-state index in [1.54, 1.807) is 24.0 Å². The first kappa shape index (κ1) is 18.8. The molecule has 0 radical (unpaired) electrons. The van der Waals surface area contributed by atoms with Gasteiger partial charge in [0.25, 0.3) is 5.91 Å². The van der Waals surface area contributed by atoms with Gasteiger partial charge in [-0.15, -0.1) is 11.3 Å². The summed E-state index contributed by atoms with van der Waals surface area (Å²) in [6, 6.07) is 9.29. The van der Waals surface area contributed by atoms with Crippen molar-refractivity contribution in [1.82, 2.24) is 4.90 Å². The van der Waals surface area contributed by atoms with Gasteiger partial charge in [-0.3, -0.25) is 4.79 Å². The Morgan fingerprint density at radius 3 is 2.73 bits per heavy atom. The van der Waals surface area contributed by atoms with E-state index in [1.807, 2.05) is 17.5 Å². The van der Waals surface area contributed by atoms with Crippen molar-refractivity contribution in [3.8, 4) is 5.75 Å². The molecule has 0 unspecified atom stereocenters. The summed E-state index contributed by atoms with van der Waals surface area (Å²) in [5.41, 5.74) is 0. The van der Waals surface area contributed by atoms with Gasteiger partial charge in [-0.2, -0.15) is 0 Å². The predicted octanol–water partition coefficient (Wildman–Crippen LogP) is 2.87. The number of halogens is 1. The van der Waals surface area contributed by atoms with Crippen LogP contribution in [-0.4, -0.2) is 42.9 Å². The molecule has 0 aliphatic carbocycles. The summed E-state index contributed by atoms with van der Waals surface area (Å²) in [6.45, 7) is 1.88. The lowest BCUT2D eigenvalue weighted by atomic mass is 10.2. The lowest BCUT2D eigenvalue weighted by molar-refractivity contribution is -0.140. The van der Waals surface area contributed by atoms with E-state index >= 15 is 0 Å². The molecular formula is C18H20FNO4S2. The maximum absolute atomic E-state index is 13.8. The van der Waals surface area contributed by atoms with E-state index in [1.165, 1.54) is 23.5 Å². The minimum Gasteiger partial charge on any atom is -0.478 e. The number of carbonyl (C=O) groups excluding carboxylic acids is 1. The third-order valence-corrected chi connectivity index (χ3v) is 6.94. The number of benzene rings is 1. The van der Waals surface area contributed by atoms with E-state index < -0.39 is 21.8 Å². The maximum atomic E-state index is 13.8. The van der Waals surface area contributed by atoms with Gasteiger partial charge < -0.3 is 9.64 Å². The zero-order valence-electron chi connectivity index (χ0n) is 14.3. The van der Waals surface area contributed by atoms with Crippen LogP contribution in [0.3, 0.4) is 0 Å².